The summed E-state index contributed by atoms with van der Waals surface area (Å²) in [6, 6.07) is 0. The van der Waals surface area contributed by atoms with Crippen LogP contribution in [0, 0.1) is 23.2 Å². The van der Waals surface area contributed by atoms with Crippen molar-refractivity contribution in [3.8, 4) is 0 Å². The molecule has 2 bridgehead atoms. The zero-order chi connectivity index (χ0) is 10.2. The molecule has 4 atom stereocenters. The summed E-state index contributed by atoms with van der Waals surface area (Å²) in [5.74, 6) is 4.04. The minimum Gasteiger partial charge on any atom is -0.179 e. The molecule has 0 N–H and O–H groups in total. The van der Waals surface area contributed by atoms with Crippen LogP contribution in [0.4, 0.5) is 0 Å². The van der Waals surface area contributed by atoms with E-state index < -0.39 is 0 Å². The zero-order valence-electron chi connectivity index (χ0n) is 9.63. The molecule has 2 rings (SSSR count). The first-order valence-electron chi connectivity index (χ1n) is 6.25. The van der Waals surface area contributed by atoms with Crippen molar-refractivity contribution in [1.82, 2.24) is 0 Å². The Morgan fingerprint density at radius 1 is 1.43 bits per heavy atom. The van der Waals surface area contributed by atoms with E-state index in [4.69, 9.17) is 0 Å². The van der Waals surface area contributed by atoms with Crippen molar-refractivity contribution in [3.05, 3.63) is 0 Å². The van der Waals surface area contributed by atoms with Gasteiger partial charge in [-0.15, -0.1) is 0 Å². The Labute approximate surface area is 94.3 Å². The Morgan fingerprint density at radius 2 is 2.21 bits per heavy atom. The number of thiol groups is 1. The Hall–Kier alpha value is 0.350. The summed E-state index contributed by atoms with van der Waals surface area (Å²) in [5.41, 5.74) is 0.708. The number of rotatable bonds is 4. The van der Waals surface area contributed by atoms with E-state index in [0.29, 0.717) is 5.41 Å². The second-order valence-corrected chi connectivity index (χ2v) is 6.43. The van der Waals surface area contributed by atoms with Crippen molar-refractivity contribution in [1.29, 1.82) is 0 Å². The van der Waals surface area contributed by atoms with E-state index in [1.165, 1.54) is 32.1 Å². The van der Waals surface area contributed by atoms with Crippen LogP contribution in [0.25, 0.3) is 0 Å². The molecule has 0 aromatic rings. The lowest BCUT2D eigenvalue weighted by Crippen LogP contribution is -2.24. The normalized spacial score (nSPS) is 43.1. The lowest BCUT2D eigenvalue weighted by Gasteiger charge is -2.34. The molecule has 0 aromatic heterocycles. The topological polar surface area (TPSA) is 0 Å². The maximum atomic E-state index is 4.37. The van der Waals surface area contributed by atoms with Crippen molar-refractivity contribution < 1.29 is 0 Å². The molecular formula is C13H24S. The Kier molecular flexibility index (Phi) is 3.16. The molecule has 0 heterocycles. The lowest BCUT2D eigenvalue weighted by molar-refractivity contribution is 0.162. The van der Waals surface area contributed by atoms with E-state index in [9.17, 15) is 0 Å². The first-order valence-corrected chi connectivity index (χ1v) is 6.88. The van der Waals surface area contributed by atoms with Crippen molar-refractivity contribution >= 4 is 12.6 Å². The van der Waals surface area contributed by atoms with Crippen LogP contribution in [0.3, 0.4) is 0 Å². The number of hydrogen-bond donors (Lipinski definition) is 1. The van der Waals surface area contributed by atoms with Gasteiger partial charge in [-0.1, -0.05) is 20.3 Å². The molecule has 2 aliphatic carbocycles. The standard InChI is InChI=1S/C13H24S/c1-10(9-14)5-6-13(2)8-11-3-4-12(13)7-11/h10-12,14H,3-9H2,1-2H3. The van der Waals surface area contributed by atoms with Crippen LogP contribution >= 0.6 is 12.6 Å². The van der Waals surface area contributed by atoms with E-state index in [0.717, 1.165) is 23.5 Å². The fourth-order valence-electron chi connectivity index (χ4n) is 3.69. The average molecular weight is 212 g/mol. The molecule has 0 nitrogen and oxygen atoms in total. The third kappa shape index (κ3) is 1.98. The summed E-state index contributed by atoms with van der Waals surface area (Å²) >= 11 is 4.37. The van der Waals surface area contributed by atoms with Gasteiger partial charge in [-0.25, -0.2) is 0 Å². The smallest absolute Gasteiger partial charge is 0.00721 e. The monoisotopic (exact) mass is 212 g/mol. The zero-order valence-corrected chi connectivity index (χ0v) is 10.5. The molecule has 0 aliphatic heterocycles. The largest absolute Gasteiger partial charge is 0.179 e. The van der Waals surface area contributed by atoms with E-state index in [1.54, 1.807) is 6.42 Å². The third-order valence-corrected chi connectivity index (χ3v) is 5.43. The maximum absolute atomic E-state index is 4.37. The van der Waals surface area contributed by atoms with Gasteiger partial charge in [0.05, 0.1) is 0 Å². The van der Waals surface area contributed by atoms with E-state index >= 15 is 0 Å². The van der Waals surface area contributed by atoms with Gasteiger partial charge in [0.15, 0.2) is 0 Å². The molecule has 14 heavy (non-hydrogen) atoms. The molecule has 0 spiro atoms. The van der Waals surface area contributed by atoms with Gasteiger partial charge in [0.1, 0.15) is 0 Å². The first-order chi connectivity index (χ1) is 6.64. The molecule has 2 aliphatic rings. The summed E-state index contributed by atoms with van der Waals surface area (Å²) < 4.78 is 0. The maximum Gasteiger partial charge on any atom is -0.00721 e. The van der Waals surface area contributed by atoms with Crippen LogP contribution in [-0.4, -0.2) is 5.75 Å². The Morgan fingerprint density at radius 3 is 2.71 bits per heavy atom. The summed E-state index contributed by atoms with van der Waals surface area (Å²) in [6.45, 7) is 4.88. The molecule has 2 fully saturated rings. The molecule has 0 radical (unpaired) electrons. The van der Waals surface area contributed by atoms with Gasteiger partial charge in [-0.2, -0.15) is 12.6 Å². The minimum atomic E-state index is 0.708. The average Bonchev–Trinajstić information content (AvgIpc) is 2.74. The SMILES string of the molecule is CC(CS)CCC1(C)CC2CCC1C2. The quantitative estimate of drug-likeness (QED) is 0.665. The third-order valence-electron chi connectivity index (χ3n) is 4.80. The van der Waals surface area contributed by atoms with Gasteiger partial charge >= 0.3 is 0 Å². The van der Waals surface area contributed by atoms with E-state index in [-0.39, 0.29) is 0 Å². The van der Waals surface area contributed by atoms with Crippen LogP contribution in [0.2, 0.25) is 0 Å². The molecule has 1 heteroatoms. The number of fused-ring (bicyclic) bond motifs is 2. The highest BCUT2D eigenvalue weighted by atomic mass is 32.1. The second kappa shape index (κ2) is 4.08. The molecule has 2 saturated carbocycles. The van der Waals surface area contributed by atoms with Crippen molar-refractivity contribution in [2.75, 3.05) is 5.75 Å². The summed E-state index contributed by atoms with van der Waals surface area (Å²) in [5, 5.41) is 0. The first kappa shape index (κ1) is 10.9. The fraction of sp³-hybridized carbons (Fsp3) is 1.00. The molecular weight excluding hydrogens is 188 g/mol. The number of hydrogen-bond acceptors (Lipinski definition) is 1. The Bertz CT molecular complexity index is 201. The highest BCUT2D eigenvalue weighted by molar-refractivity contribution is 7.80. The molecule has 0 aromatic carbocycles. The molecule has 0 saturated heterocycles. The van der Waals surface area contributed by atoms with Gasteiger partial charge in [0, 0.05) is 0 Å². The predicted molar refractivity (Wildman–Crippen MR) is 65.8 cm³/mol. The van der Waals surface area contributed by atoms with Crippen LogP contribution < -0.4 is 0 Å². The van der Waals surface area contributed by atoms with Gasteiger partial charge in [0.2, 0.25) is 0 Å². The summed E-state index contributed by atoms with van der Waals surface area (Å²) in [4.78, 5) is 0. The fourth-order valence-corrected chi connectivity index (χ4v) is 3.88. The highest BCUT2D eigenvalue weighted by Gasteiger charge is 2.47. The van der Waals surface area contributed by atoms with Gasteiger partial charge in [-0.3, -0.25) is 0 Å². The van der Waals surface area contributed by atoms with Crippen LogP contribution in [0.1, 0.15) is 52.4 Å². The summed E-state index contributed by atoms with van der Waals surface area (Å²) in [6.07, 6.45) is 8.97. The molecule has 0 amide bonds. The Balaban J connectivity index is 1.85. The summed E-state index contributed by atoms with van der Waals surface area (Å²) in [7, 11) is 0. The van der Waals surface area contributed by atoms with Gasteiger partial charge in [0.25, 0.3) is 0 Å². The van der Waals surface area contributed by atoms with Crippen molar-refractivity contribution in [2.24, 2.45) is 23.2 Å². The second-order valence-electron chi connectivity index (χ2n) is 6.06. The predicted octanol–water partition coefficient (Wildman–Crippen LogP) is 4.16. The van der Waals surface area contributed by atoms with E-state index in [2.05, 4.69) is 26.5 Å². The van der Waals surface area contributed by atoms with Crippen molar-refractivity contribution in [2.45, 2.75) is 52.4 Å². The molecule has 4 unspecified atom stereocenters. The lowest BCUT2D eigenvalue weighted by atomic mass is 9.71. The van der Waals surface area contributed by atoms with Crippen LogP contribution in [0.15, 0.2) is 0 Å². The van der Waals surface area contributed by atoms with Gasteiger partial charge < -0.3 is 0 Å². The van der Waals surface area contributed by atoms with Crippen molar-refractivity contribution in [3.63, 3.8) is 0 Å². The van der Waals surface area contributed by atoms with Crippen LogP contribution in [0.5, 0.6) is 0 Å². The van der Waals surface area contributed by atoms with E-state index in [1.807, 2.05) is 0 Å². The van der Waals surface area contributed by atoms with Gasteiger partial charge in [-0.05, 0) is 61.0 Å². The van der Waals surface area contributed by atoms with Crippen LogP contribution in [-0.2, 0) is 0 Å². The molecule has 82 valence electrons. The highest BCUT2D eigenvalue weighted by Crippen LogP contribution is 2.57. The minimum absolute atomic E-state index is 0.708.